The normalized spacial score (nSPS) is 10.1. The summed E-state index contributed by atoms with van der Waals surface area (Å²) in [5, 5.41) is 15.5. The number of anilines is 1. The van der Waals surface area contributed by atoms with E-state index in [9.17, 15) is 24.1 Å². The number of carbonyl (C=O) groups is 2. The minimum absolute atomic E-state index is 0.0142. The average Bonchev–Trinajstić information content (AvgIpc) is 2.63. The monoisotopic (exact) mass is 361 g/mol. The zero-order valence-corrected chi connectivity index (χ0v) is 13.8. The van der Waals surface area contributed by atoms with E-state index in [1.54, 1.807) is 12.1 Å². The molecule has 0 fully saturated rings. The van der Waals surface area contributed by atoms with Gasteiger partial charge in [-0.1, -0.05) is 12.1 Å². The number of ether oxygens (including phenoxy) is 1. The highest BCUT2D eigenvalue weighted by Gasteiger charge is 2.18. The summed E-state index contributed by atoms with van der Waals surface area (Å²) in [6, 6.07) is 9.40. The molecule has 0 aliphatic heterocycles. The van der Waals surface area contributed by atoms with Crippen LogP contribution >= 0.6 is 0 Å². The van der Waals surface area contributed by atoms with Gasteiger partial charge in [0.15, 0.2) is 0 Å². The fourth-order valence-electron chi connectivity index (χ4n) is 2.14. The van der Waals surface area contributed by atoms with Crippen LogP contribution in [0.25, 0.3) is 0 Å². The van der Waals surface area contributed by atoms with Crippen LogP contribution in [0.15, 0.2) is 42.5 Å². The van der Waals surface area contributed by atoms with Crippen LogP contribution in [0.5, 0.6) is 5.75 Å². The predicted molar refractivity (Wildman–Crippen MR) is 91.4 cm³/mol. The Morgan fingerprint density at radius 1 is 1.15 bits per heavy atom. The lowest BCUT2D eigenvalue weighted by atomic mass is 10.1. The van der Waals surface area contributed by atoms with Crippen LogP contribution in [-0.2, 0) is 16.0 Å². The molecule has 26 heavy (non-hydrogen) atoms. The van der Waals surface area contributed by atoms with Gasteiger partial charge in [-0.2, -0.15) is 0 Å². The second-order valence-electron chi connectivity index (χ2n) is 5.23. The summed E-state index contributed by atoms with van der Waals surface area (Å²) < 4.78 is 17.8. The predicted octanol–water partition coefficient (Wildman–Crippen LogP) is 2.04. The van der Waals surface area contributed by atoms with Crippen molar-refractivity contribution in [1.82, 2.24) is 5.32 Å². The number of halogens is 1. The van der Waals surface area contributed by atoms with Gasteiger partial charge in [0, 0.05) is 18.7 Å². The molecule has 0 heterocycles. The van der Waals surface area contributed by atoms with Crippen molar-refractivity contribution >= 4 is 23.2 Å². The van der Waals surface area contributed by atoms with Crippen LogP contribution in [0.3, 0.4) is 0 Å². The van der Waals surface area contributed by atoms with E-state index in [1.807, 2.05) is 0 Å². The molecule has 8 nitrogen and oxygen atoms in total. The number of nitro groups is 1. The SMILES string of the molecule is COc1ccc([N+](=O)[O-])cc1NC(=O)C(=O)NCCc1ccc(F)cc1. The third-order valence-electron chi connectivity index (χ3n) is 3.46. The molecular weight excluding hydrogens is 345 g/mol. The summed E-state index contributed by atoms with van der Waals surface area (Å²) in [5.74, 6) is -2.06. The van der Waals surface area contributed by atoms with Gasteiger partial charge in [0.25, 0.3) is 5.69 Å². The second kappa shape index (κ2) is 8.56. The summed E-state index contributed by atoms with van der Waals surface area (Å²) in [4.78, 5) is 34.0. The molecule has 136 valence electrons. The largest absolute Gasteiger partial charge is 0.495 e. The van der Waals surface area contributed by atoms with Gasteiger partial charge >= 0.3 is 11.8 Å². The molecule has 0 bridgehead atoms. The fourth-order valence-corrected chi connectivity index (χ4v) is 2.14. The minimum atomic E-state index is -0.983. The van der Waals surface area contributed by atoms with Gasteiger partial charge in [-0.05, 0) is 30.2 Å². The molecule has 0 aliphatic carbocycles. The molecular formula is C17H16FN3O5. The molecule has 2 N–H and O–H groups in total. The average molecular weight is 361 g/mol. The first kappa shape index (κ1) is 18.8. The van der Waals surface area contributed by atoms with E-state index in [-0.39, 0.29) is 29.5 Å². The standard InChI is InChI=1S/C17H16FN3O5/c1-26-15-7-6-13(21(24)25)10-14(15)20-17(23)16(22)19-9-8-11-2-4-12(18)5-3-11/h2-7,10H,8-9H2,1H3,(H,19,22)(H,20,23). The summed E-state index contributed by atoms with van der Waals surface area (Å²) in [5.41, 5.74) is 0.561. The van der Waals surface area contributed by atoms with Crippen LogP contribution < -0.4 is 15.4 Å². The number of nitro benzene ring substituents is 1. The van der Waals surface area contributed by atoms with Crippen molar-refractivity contribution in [2.24, 2.45) is 0 Å². The molecule has 0 spiro atoms. The Labute approximate surface area is 148 Å². The maximum absolute atomic E-state index is 12.8. The molecule has 0 atom stereocenters. The van der Waals surface area contributed by atoms with E-state index in [0.29, 0.717) is 6.42 Å². The maximum atomic E-state index is 12.8. The lowest BCUT2D eigenvalue weighted by Crippen LogP contribution is -2.36. The molecule has 0 radical (unpaired) electrons. The summed E-state index contributed by atoms with van der Waals surface area (Å²) in [7, 11) is 1.33. The molecule has 0 aromatic heterocycles. The Balaban J connectivity index is 1.94. The number of benzene rings is 2. The number of nitrogens with one attached hydrogen (secondary N) is 2. The topological polar surface area (TPSA) is 111 Å². The van der Waals surface area contributed by atoms with E-state index in [2.05, 4.69) is 10.6 Å². The third kappa shape index (κ3) is 5.00. The number of hydrogen-bond donors (Lipinski definition) is 2. The van der Waals surface area contributed by atoms with E-state index >= 15 is 0 Å². The quantitative estimate of drug-likeness (QED) is 0.465. The smallest absolute Gasteiger partial charge is 0.313 e. The maximum Gasteiger partial charge on any atom is 0.313 e. The first-order valence-electron chi connectivity index (χ1n) is 7.56. The highest BCUT2D eigenvalue weighted by molar-refractivity contribution is 6.39. The number of nitrogens with zero attached hydrogens (tertiary/aromatic N) is 1. The van der Waals surface area contributed by atoms with Gasteiger partial charge < -0.3 is 15.4 Å². The Kier molecular flexibility index (Phi) is 6.20. The first-order chi connectivity index (χ1) is 12.4. The zero-order chi connectivity index (χ0) is 19.1. The van der Waals surface area contributed by atoms with E-state index in [1.165, 1.54) is 31.4 Å². The molecule has 2 rings (SSSR count). The van der Waals surface area contributed by atoms with Crippen molar-refractivity contribution in [3.05, 3.63) is 64.0 Å². The highest BCUT2D eigenvalue weighted by Crippen LogP contribution is 2.28. The highest BCUT2D eigenvalue weighted by atomic mass is 19.1. The Hall–Kier alpha value is -3.49. The van der Waals surface area contributed by atoms with Crippen LogP contribution in [0.2, 0.25) is 0 Å². The number of methoxy groups -OCH3 is 1. The number of hydrogen-bond acceptors (Lipinski definition) is 5. The van der Waals surface area contributed by atoms with Crippen LogP contribution in [0.4, 0.5) is 15.8 Å². The Morgan fingerprint density at radius 2 is 1.85 bits per heavy atom. The van der Waals surface area contributed by atoms with E-state index in [4.69, 9.17) is 4.74 Å². The molecule has 2 aromatic rings. The molecule has 2 amide bonds. The van der Waals surface area contributed by atoms with Crippen molar-refractivity contribution < 1.29 is 23.6 Å². The number of non-ortho nitro benzene ring substituents is 1. The fraction of sp³-hybridized carbons (Fsp3) is 0.176. The number of rotatable bonds is 6. The van der Waals surface area contributed by atoms with Gasteiger partial charge in [-0.15, -0.1) is 0 Å². The lowest BCUT2D eigenvalue weighted by Gasteiger charge is -2.10. The van der Waals surface area contributed by atoms with Crippen LogP contribution in [0, 0.1) is 15.9 Å². The molecule has 0 saturated heterocycles. The molecule has 0 saturated carbocycles. The molecule has 9 heteroatoms. The minimum Gasteiger partial charge on any atom is -0.495 e. The van der Waals surface area contributed by atoms with E-state index in [0.717, 1.165) is 11.6 Å². The Morgan fingerprint density at radius 3 is 2.46 bits per heavy atom. The van der Waals surface area contributed by atoms with Crippen molar-refractivity contribution in [3.63, 3.8) is 0 Å². The van der Waals surface area contributed by atoms with Crippen LogP contribution in [0.1, 0.15) is 5.56 Å². The van der Waals surface area contributed by atoms with Gasteiger partial charge in [0.05, 0.1) is 17.7 Å². The number of carbonyl (C=O) groups excluding carboxylic acids is 2. The van der Waals surface area contributed by atoms with Crippen molar-refractivity contribution in [2.45, 2.75) is 6.42 Å². The summed E-state index contributed by atoms with van der Waals surface area (Å²) in [6.45, 7) is 0.171. The van der Waals surface area contributed by atoms with Gasteiger partial charge in [-0.25, -0.2) is 4.39 Å². The van der Waals surface area contributed by atoms with E-state index < -0.39 is 16.7 Å². The van der Waals surface area contributed by atoms with Crippen molar-refractivity contribution in [3.8, 4) is 5.75 Å². The van der Waals surface area contributed by atoms with Gasteiger partial charge in [0.2, 0.25) is 0 Å². The third-order valence-corrected chi connectivity index (χ3v) is 3.46. The molecule has 0 unspecified atom stereocenters. The Bertz CT molecular complexity index is 824. The molecule has 2 aromatic carbocycles. The first-order valence-corrected chi connectivity index (χ1v) is 7.56. The number of amides is 2. The van der Waals surface area contributed by atoms with Crippen LogP contribution in [-0.4, -0.2) is 30.4 Å². The van der Waals surface area contributed by atoms with Gasteiger partial charge in [-0.3, -0.25) is 19.7 Å². The zero-order valence-electron chi connectivity index (χ0n) is 13.8. The molecule has 0 aliphatic rings. The lowest BCUT2D eigenvalue weighted by molar-refractivity contribution is -0.384. The van der Waals surface area contributed by atoms with Crippen molar-refractivity contribution in [1.29, 1.82) is 0 Å². The van der Waals surface area contributed by atoms with Crippen molar-refractivity contribution in [2.75, 3.05) is 19.0 Å². The van der Waals surface area contributed by atoms with Gasteiger partial charge in [0.1, 0.15) is 11.6 Å². The second-order valence-corrected chi connectivity index (χ2v) is 5.23. The summed E-state index contributed by atoms with van der Waals surface area (Å²) in [6.07, 6.45) is 0.416. The summed E-state index contributed by atoms with van der Waals surface area (Å²) >= 11 is 0.